The smallest absolute Gasteiger partial charge is 0.123 e. The lowest BCUT2D eigenvalue weighted by Gasteiger charge is -2.16. The van der Waals surface area contributed by atoms with Crippen LogP contribution in [-0.2, 0) is 6.54 Å². The first kappa shape index (κ1) is 16.0. The van der Waals surface area contributed by atoms with Gasteiger partial charge in [0.2, 0.25) is 0 Å². The van der Waals surface area contributed by atoms with Gasteiger partial charge in [-0.15, -0.1) is 0 Å². The van der Waals surface area contributed by atoms with Gasteiger partial charge in [-0.3, -0.25) is 0 Å². The molecule has 0 aliphatic carbocycles. The summed E-state index contributed by atoms with van der Waals surface area (Å²) in [5, 5.41) is 12.5. The van der Waals surface area contributed by atoms with Gasteiger partial charge in [-0.1, -0.05) is 44.9 Å². The van der Waals surface area contributed by atoms with E-state index in [9.17, 15) is 5.11 Å². The molecule has 1 aromatic carbocycles. The fourth-order valence-corrected chi connectivity index (χ4v) is 1.92. The molecule has 0 saturated carbocycles. The molecule has 0 spiro atoms. The molecule has 19 heavy (non-hydrogen) atoms. The molecular weight excluding hydrogens is 238 g/mol. The van der Waals surface area contributed by atoms with Crippen molar-refractivity contribution >= 4 is 0 Å². The first-order valence-electron chi connectivity index (χ1n) is 7.36. The molecule has 2 N–H and O–H groups in total. The number of aliphatic hydroxyl groups excluding tert-OH is 1. The molecule has 1 unspecified atom stereocenters. The van der Waals surface area contributed by atoms with Crippen LogP contribution in [0.3, 0.4) is 0 Å². The highest BCUT2D eigenvalue weighted by molar-refractivity contribution is 5.33. The molecule has 0 fully saturated rings. The Labute approximate surface area is 117 Å². The quantitative estimate of drug-likeness (QED) is 0.639. The number of hydrogen-bond donors (Lipinski definition) is 2. The average molecular weight is 265 g/mol. The summed E-state index contributed by atoms with van der Waals surface area (Å²) in [6, 6.07) is 8.28. The van der Waals surface area contributed by atoms with E-state index in [1.54, 1.807) is 0 Å². The predicted molar refractivity (Wildman–Crippen MR) is 79.5 cm³/mol. The van der Waals surface area contributed by atoms with E-state index >= 15 is 0 Å². The molecule has 3 nitrogen and oxygen atoms in total. The first-order valence-corrected chi connectivity index (χ1v) is 7.36. The van der Waals surface area contributed by atoms with E-state index in [-0.39, 0.29) is 12.6 Å². The number of nitrogens with one attached hydrogen (secondary N) is 1. The van der Waals surface area contributed by atoms with Crippen molar-refractivity contribution in [1.29, 1.82) is 0 Å². The zero-order valence-corrected chi connectivity index (χ0v) is 12.2. The molecule has 0 aromatic heterocycles. The Kier molecular flexibility index (Phi) is 8.26. The second-order valence-electron chi connectivity index (χ2n) is 4.83. The van der Waals surface area contributed by atoms with Crippen LogP contribution >= 0.6 is 0 Å². The Bertz CT molecular complexity index is 337. The molecule has 0 heterocycles. The van der Waals surface area contributed by atoms with Crippen LogP contribution < -0.4 is 10.1 Å². The van der Waals surface area contributed by atoms with Gasteiger partial charge in [-0.2, -0.15) is 0 Å². The normalized spacial score (nSPS) is 12.4. The standard InChI is InChI=1S/C16H27NO2/c1-3-5-8-11-19-16-10-7-6-9-14(16)12-17-15(4-2)13-18/h6-7,9-10,15,17-18H,3-5,8,11-13H2,1-2H3. The molecule has 0 amide bonds. The van der Waals surface area contributed by atoms with Crippen molar-refractivity contribution in [2.24, 2.45) is 0 Å². The molecule has 1 aromatic rings. The van der Waals surface area contributed by atoms with Crippen LogP contribution in [0.4, 0.5) is 0 Å². The summed E-state index contributed by atoms with van der Waals surface area (Å²) in [5.74, 6) is 0.957. The minimum atomic E-state index is 0.160. The van der Waals surface area contributed by atoms with Gasteiger partial charge in [0.15, 0.2) is 0 Å². The fraction of sp³-hybridized carbons (Fsp3) is 0.625. The number of ether oxygens (including phenoxy) is 1. The Morgan fingerprint density at radius 2 is 2.00 bits per heavy atom. The Hall–Kier alpha value is -1.06. The molecule has 0 saturated heterocycles. The van der Waals surface area contributed by atoms with E-state index in [1.807, 2.05) is 18.2 Å². The maximum absolute atomic E-state index is 9.18. The van der Waals surface area contributed by atoms with Crippen molar-refractivity contribution in [2.75, 3.05) is 13.2 Å². The minimum absolute atomic E-state index is 0.160. The zero-order valence-electron chi connectivity index (χ0n) is 12.2. The van der Waals surface area contributed by atoms with Gasteiger partial charge in [0.25, 0.3) is 0 Å². The SMILES string of the molecule is CCCCCOc1ccccc1CNC(CC)CO. The van der Waals surface area contributed by atoms with E-state index in [2.05, 4.69) is 25.2 Å². The number of para-hydroxylation sites is 1. The van der Waals surface area contributed by atoms with Gasteiger partial charge >= 0.3 is 0 Å². The molecule has 3 heteroatoms. The van der Waals surface area contributed by atoms with Crippen LogP contribution in [0.1, 0.15) is 45.1 Å². The lowest BCUT2D eigenvalue weighted by molar-refractivity contribution is 0.237. The molecule has 0 aliphatic heterocycles. The Balaban J connectivity index is 2.47. The maximum atomic E-state index is 9.18. The van der Waals surface area contributed by atoms with E-state index in [1.165, 1.54) is 12.8 Å². The summed E-state index contributed by atoms with van der Waals surface area (Å²) in [6.07, 6.45) is 4.45. The average Bonchev–Trinajstić information content (AvgIpc) is 2.46. The van der Waals surface area contributed by atoms with Gasteiger partial charge in [0.1, 0.15) is 5.75 Å². The van der Waals surface area contributed by atoms with Gasteiger partial charge in [-0.05, 0) is 18.9 Å². The molecular formula is C16H27NO2. The topological polar surface area (TPSA) is 41.5 Å². The van der Waals surface area contributed by atoms with E-state index in [0.29, 0.717) is 0 Å². The number of benzene rings is 1. The van der Waals surface area contributed by atoms with Gasteiger partial charge in [-0.25, -0.2) is 0 Å². The van der Waals surface area contributed by atoms with E-state index < -0.39 is 0 Å². The number of rotatable bonds is 10. The van der Waals surface area contributed by atoms with Crippen LogP contribution in [0.25, 0.3) is 0 Å². The summed E-state index contributed by atoms with van der Waals surface area (Å²) in [6.45, 7) is 5.96. The lowest BCUT2D eigenvalue weighted by Crippen LogP contribution is -2.31. The largest absolute Gasteiger partial charge is 0.493 e. The molecule has 0 aliphatic rings. The predicted octanol–water partition coefficient (Wildman–Crippen LogP) is 3.12. The highest BCUT2D eigenvalue weighted by Gasteiger charge is 2.06. The summed E-state index contributed by atoms with van der Waals surface area (Å²) in [4.78, 5) is 0. The van der Waals surface area contributed by atoms with Crippen LogP contribution in [0.2, 0.25) is 0 Å². The second-order valence-corrected chi connectivity index (χ2v) is 4.83. The molecule has 1 atom stereocenters. The van der Waals surface area contributed by atoms with Crippen molar-refractivity contribution < 1.29 is 9.84 Å². The maximum Gasteiger partial charge on any atom is 0.123 e. The van der Waals surface area contributed by atoms with Crippen molar-refractivity contribution in [3.05, 3.63) is 29.8 Å². The van der Waals surface area contributed by atoms with Crippen LogP contribution in [0.15, 0.2) is 24.3 Å². The third-order valence-electron chi connectivity index (χ3n) is 3.27. The third kappa shape index (κ3) is 6.08. The molecule has 0 radical (unpaired) electrons. The van der Waals surface area contributed by atoms with Crippen LogP contribution in [-0.4, -0.2) is 24.4 Å². The fourth-order valence-electron chi connectivity index (χ4n) is 1.92. The molecule has 0 bridgehead atoms. The molecule has 108 valence electrons. The van der Waals surface area contributed by atoms with Gasteiger partial charge in [0, 0.05) is 18.2 Å². The van der Waals surface area contributed by atoms with Crippen LogP contribution in [0, 0.1) is 0 Å². The molecule has 1 rings (SSSR count). The summed E-state index contributed by atoms with van der Waals surface area (Å²) < 4.78 is 5.84. The number of aliphatic hydroxyl groups is 1. The number of unbranched alkanes of at least 4 members (excludes halogenated alkanes) is 2. The first-order chi connectivity index (χ1) is 9.31. The monoisotopic (exact) mass is 265 g/mol. The van der Waals surface area contributed by atoms with Crippen molar-refractivity contribution in [3.8, 4) is 5.75 Å². The van der Waals surface area contributed by atoms with E-state index in [4.69, 9.17) is 4.74 Å². The summed E-state index contributed by atoms with van der Waals surface area (Å²) in [7, 11) is 0. The highest BCUT2D eigenvalue weighted by atomic mass is 16.5. The van der Waals surface area contributed by atoms with Crippen LogP contribution in [0.5, 0.6) is 5.75 Å². The Morgan fingerprint density at radius 1 is 1.21 bits per heavy atom. The summed E-state index contributed by atoms with van der Waals surface area (Å²) >= 11 is 0. The van der Waals surface area contributed by atoms with Gasteiger partial charge in [0.05, 0.1) is 13.2 Å². The number of hydrogen-bond acceptors (Lipinski definition) is 3. The Morgan fingerprint density at radius 3 is 2.68 bits per heavy atom. The summed E-state index contributed by atoms with van der Waals surface area (Å²) in [5.41, 5.74) is 1.16. The van der Waals surface area contributed by atoms with Crippen molar-refractivity contribution in [2.45, 2.75) is 52.1 Å². The third-order valence-corrected chi connectivity index (χ3v) is 3.27. The minimum Gasteiger partial charge on any atom is -0.493 e. The van der Waals surface area contributed by atoms with Crippen molar-refractivity contribution in [3.63, 3.8) is 0 Å². The van der Waals surface area contributed by atoms with E-state index in [0.717, 1.165) is 37.3 Å². The van der Waals surface area contributed by atoms with Crippen molar-refractivity contribution in [1.82, 2.24) is 5.32 Å². The van der Waals surface area contributed by atoms with Gasteiger partial charge < -0.3 is 15.2 Å². The lowest BCUT2D eigenvalue weighted by atomic mass is 10.1. The highest BCUT2D eigenvalue weighted by Crippen LogP contribution is 2.18. The zero-order chi connectivity index (χ0) is 13.9. The second kappa shape index (κ2) is 9.82.